The van der Waals surface area contributed by atoms with Gasteiger partial charge in [0.15, 0.2) is 11.4 Å². The molecule has 1 aromatic heterocycles. The molecule has 3 aromatic rings. The zero-order valence-corrected chi connectivity index (χ0v) is 18.7. The van der Waals surface area contributed by atoms with Crippen molar-refractivity contribution in [2.75, 3.05) is 11.9 Å². The number of thiazole rings is 1. The summed E-state index contributed by atoms with van der Waals surface area (Å²) in [5, 5.41) is 5.07. The second-order valence-corrected chi connectivity index (χ2v) is 8.70. The number of rotatable bonds is 5. The van der Waals surface area contributed by atoms with Gasteiger partial charge in [0.1, 0.15) is 5.75 Å². The number of ether oxygens (including phenoxy) is 1. The van der Waals surface area contributed by atoms with Gasteiger partial charge in [-0.15, -0.1) is 11.3 Å². The molecule has 1 aliphatic heterocycles. The van der Waals surface area contributed by atoms with Crippen LogP contribution in [-0.2, 0) is 4.79 Å². The molecule has 1 N–H and O–H groups in total. The molecular formula is C24H27N3O2S. The number of hydrogen-bond acceptors (Lipinski definition) is 4. The van der Waals surface area contributed by atoms with Crippen LogP contribution in [0, 0.1) is 13.8 Å². The molecule has 1 atom stereocenters. The third kappa shape index (κ3) is 4.05. The Morgan fingerprint density at radius 3 is 2.87 bits per heavy atom. The van der Waals surface area contributed by atoms with Gasteiger partial charge in [0, 0.05) is 17.0 Å². The van der Waals surface area contributed by atoms with Gasteiger partial charge in [0.05, 0.1) is 17.1 Å². The normalized spacial score (nSPS) is 14.8. The van der Waals surface area contributed by atoms with Crippen molar-refractivity contribution in [3.05, 3.63) is 57.7 Å². The maximum Gasteiger partial charge on any atom is 0.262 e. The van der Waals surface area contributed by atoms with Crippen LogP contribution in [0.3, 0.4) is 0 Å². The van der Waals surface area contributed by atoms with E-state index in [0.29, 0.717) is 11.8 Å². The first-order valence-electron chi connectivity index (χ1n) is 10.4. The van der Waals surface area contributed by atoms with E-state index in [0.717, 1.165) is 40.3 Å². The number of aromatic nitrogens is 1. The molecule has 0 saturated carbocycles. The topological polar surface area (TPSA) is 55.6 Å². The summed E-state index contributed by atoms with van der Waals surface area (Å²) in [6.07, 6.45) is 2.16. The molecule has 1 unspecified atom stereocenters. The van der Waals surface area contributed by atoms with Gasteiger partial charge in [-0.25, -0.2) is 4.99 Å². The third-order valence-corrected chi connectivity index (χ3v) is 6.22. The third-order valence-electron chi connectivity index (χ3n) is 5.38. The molecular weight excluding hydrogens is 394 g/mol. The molecule has 0 bridgehead atoms. The summed E-state index contributed by atoms with van der Waals surface area (Å²) in [4.78, 5) is 17.8. The number of carbonyl (C=O) groups is 1. The average molecular weight is 422 g/mol. The van der Waals surface area contributed by atoms with Crippen molar-refractivity contribution in [1.29, 1.82) is 0 Å². The number of hydrogen-bond donors (Lipinski definition) is 1. The SMILES string of the molecule is CCCC(C)n1c(-c2ccc3c(c2)NC(=O)CO3)csc1=Nc1cc(C)ccc1C. The fraction of sp³-hybridized carbons (Fsp3) is 0.333. The molecule has 1 amide bonds. The summed E-state index contributed by atoms with van der Waals surface area (Å²) in [7, 11) is 0. The van der Waals surface area contributed by atoms with E-state index in [4.69, 9.17) is 9.73 Å². The van der Waals surface area contributed by atoms with Crippen molar-refractivity contribution >= 4 is 28.6 Å². The number of nitrogens with zero attached hydrogens (tertiary/aromatic N) is 2. The van der Waals surface area contributed by atoms with Crippen molar-refractivity contribution in [2.45, 2.75) is 46.6 Å². The number of aryl methyl sites for hydroxylation is 2. The van der Waals surface area contributed by atoms with Crippen molar-refractivity contribution in [2.24, 2.45) is 4.99 Å². The van der Waals surface area contributed by atoms with Gasteiger partial charge < -0.3 is 14.6 Å². The first-order valence-corrected chi connectivity index (χ1v) is 11.2. The minimum atomic E-state index is -0.122. The van der Waals surface area contributed by atoms with Crippen LogP contribution in [0.5, 0.6) is 5.75 Å². The lowest BCUT2D eigenvalue weighted by Crippen LogP contribution is -2.25. The van der Waals surface area contributed by atoms with E-state index >= 15 is 0 Å². The predicted molar refractivity (Wildman–Crippen MR) is 123 cm³/mol. The summed E-state index contributed by atoms with van der Waals surface area (Å²) in [6.45, 7) is 8.70. The fourth-order valence-corrected chi connectivity index (χ4v) is 4.78. The second kappa shape index (κ2) is 8.48. The van der Waals surface area contributed by atoms with Crippen molar-refractivity contribution in [3.8, 4) is 17.0 Å². The number of carbonyl (C=O) groups excluding carboxylic acids is 1. The van der Waals surface area contributed by atoms with Crippen LogP contribution >= 0.6 is 11.3 Å². The highest BCUT2D eigenvalue weighted by molar-refractivity contribution is 7.07. The minimum absolute atomic E-state index is 0.0667. The van der Waals surface area contributed by atoms with Gasteiger partial charge in [-0.1, -0.05) is 25.5 Å². The Morgan fingerprint density at radius 2 is 2.07 bits per heavy atom. The standard InChI is InChI=1S/C24H27N3O2S/c1-5-6-17(4)27-21(18-9-10-22-20(12-18)25-23(28)13-29-22)14-30-24(27)26-19-11-15(2)7-8-16(19)3/h7-12,14,17H,5-6,13H2,1-4H3,(H,25,28). The Labute approximate surface area is 181 Å². The molecule has 156 valence electrons. The Balaban J connectivity index is 1.85. The molecule has 5 nitrogen and oxygen atoms in total. The Morgan fingerprint density at radius 1 is 1.23 bits per heavy atom. The van der Waals surface area contributed by atoms with Crippen LogP contribution in [0.2, 0.25) is 0 Å². The summed E-state index contributed by atoms with van der Waals surface area (Å²) < 4.78 is 7.84. The van der Waals surface area contributed by atoms with E-state index in [2.05, 4.69) is 67.2 Å². The smallest absolute Gasteiger partial charge is 0.262 e. The fourth-order valence-electron chi connectivity index (χ4n) is 3.77. The van der Waals surface area contributed by atoms with E-state index in [1.807, 2.05) is 12.1 Å². The van der Waals surface area contributed by atoms with Crippen LogP contribution < -0.4 is 14.9 Å². The highest BCUT2D eigenvalue weighted by Crippen LogP contribution is 2.34. The second-order valence-electron chi connectivity index (χ2n) is 7.86. The van der Waals surface area contributed by atoms with Crippen molar-refractivity contribution < 1.29 is 9.53 Å². The van der Waals surface area contributed by atoms with Crippen LogP contribution in [0.25, 0.3) is 11.3 Å². The number of amides is 1. The summed E-state index contributed by atoms with van der Waals surface area (Å²) in [5.74, 6) is 0.588. The zero-order valence-electron chi connectivity index (χ0n) is 17.9. The van der Waals surface area contributed by atoms with Crippen LogP contribution in [0.4, 0.5) is 11.4 Å². The van der Waals surface area contributed by atoms with Crippen molar-refractivity contribution in [3.63, 3.8) is 0 Å². The Hall–Kier alpha value is -2.86. The predicted octanol–water partition coefficient (Wildman–Crippen LogP) is 5.76. The van der Waals surface area contributed by atoms with Gasteiger partial charge in [-0.2, -0.15) is 0 Å². The lowest BCUT2D eigenvalue weighted by Gasteiger charge is -2.20. The largest absolute Gasteiger partial charge is 0.482 e. The van der Waals surface area contributed by atoms with Crippen LogP contribution in [-0.4, -0.2) is 17.1 Å². The molecule has 4 rings (SSSR count). The molecule has 6 heteroatoms. The maximum atomic E-state index is 11.7. The summed E-state index contributed by atoms with van der Waals surface area (Å²) in [5.41, 5.74) is 6.24. The molecule has 30 heavy (non-hydrogen) atoms. The quantitative estimate of drug-likeness (QED) is 0.570. The Bertz CT molecular complexity index is 1160. The zero-order chi connectivity index (χ0) is 21.3. The average Bonchev–Trinajstić information content (AvgIpc) is 3.14. The number of benzene rings is 2. The molecule has 0 aliphatic carbocycles. The molecule has 1 aliphatic rings. The molecule has 2 aromatic carbocycles. The van der Waals surface area contributed by atoms with E-state index < -0.39 is 0 Å². The summed E-state index contributed by atoms with van der Waals surface area (Å²) >= 11 is 1.65. The Kier molecular flexibility index (Phi) is 5.77. The lowest BCUT2D eigenvalue weighted by atomic mass is 10.1. The van der Waals surface area contributed by atoms with Gasteiger partial charge in [-0.3, -0.25) is 4.79 Å². The van der Waals surface area contributed by atoms with Gasteiger partial charge >= 0.3 is 0 Å². The highest BCUT2D eigenvalue weighted by Gasteiger charge is 2.19. The van der Waals surface area contributed by atoms with Gasteiger partial charge in [0.2, 0.25) is 0 Å². The molecule has 0 fully saturated rings. The van der Waals surface area contributed by atoms with E-state index in [1.54, 1.807) is 11.3 Å². The van der Waals surface area contributed by atoms with E-state index in [1.165, 1.54) is 11.1 Å². The molecule has 2 heterocycles. The molecule has 0 radical (unpaired) electrons. The monoisotopic (exact) mass is 421 g/mol. The van der Waals surface area contributed by atoms with E-state index in [-0.39, 0.29) is 12.5 Å². The molecule has 0 saturated heterocycles. The van der Waals surface area contributed by atoms with E-state index in [9.17, 15) is 4.79 Å². The number of fused-ring (bicyclic) bond motifs is 1. The molecule has 0 spiro atoms. The first-order chi connectivity index (χ1) is 14.5. The first kappa shape index (κ1) is 20.4. The van der Waals surface area contributed by atoms with Crippen molar-refractivity contribution in [1.82, 2.24) is 4.57 Å². The maximum absolute atomic E-state index is 11.7. The minimum Gasteiger partial charge on any atom is -0.482 e. The van der Waals surface area contributed by atoms with Gasteiger partial charge in [-0.05, 0) is 62.6 Å². The number of anilines is 1. The van der Waals surface area contributed by atoms with Crippen LogP contribution in [0.1, 0.15) is 43.9 Å². The highest BCUT2D eigenvalue weighted by atomic mass is 32.1. The van der Waals surface area contributed by atoms with Gasteiger partial charge in [0.25, 0.3) is 5.91 Å². The van der Waals surface area contributed by atoms with Crippen LogP contribution in [0.15, 0.2) is 46.8 Å². The number of nitrogens with one attached hydrogen (secondary N) is 1. The lowest BCUT2D eigenvalue weighted by molar-refractivity contribution is -0.118. The summed E-state index contributed by atoms with van der Waals surface area (Å²) in [6, 6.07) is 12.6.